The molecule has 1 atom stereocenters. The van der Waals surface area contributed by atoms with Crippen LogP contribution >= 0.6 is 27.7 Å². The lowest BCUT2D eigenvalue weighted by Gasteiger charge is -2.15. The molecule has 4 rings (SSSR count). The van der Waals surface area contributed by atoms with E-state index < -0.39 is 23.0 Å². The molecule has 4 aromatic rings. The van der Waals surface area contributed by atoms with Crippen LogP contribution in [0.4, 0.5) is 11.4 Å². The van der Waals surface area contributed by atoms with Crippen LogP contribution in [-0.4, -0.2) is 36.1 Å². The third kappa shape index (κ3) is 8.91. The summed E-state index contributed by atoms with van der Waals surface area (Å²) in [5.74, 6) is -1.79. The number of rotatable bonds is 10. The largest absolute Gasteiger partial charge is 0.465 e. The molecule has 0 aliphatic heterocycles. The molecule has 4 aromatic carbocycles. The molecule has 0 heterocycles. The van der Waals surface area contributed by atoms with Crippen LogP contribution in [0.3, 0.4) is 0 Å². The minimum absolute atomic E-state index is 0.0574. The Morgan fingerprint density at radius 1 is 0.837 bits per heavy atom. The van der Waals surface area contributed by atoms with E-state index in [0.29, 0.717) is 22.5 Å². The molecular weight excluding hydrogens is 630 g/mol. The van der Waals surface area contributed by atoms with Crippen LogP contribution in [0.2, 0.25) is 0 Å². The van der Waals surface area contributed by atoms with Gasteiger partial charge in [0.05, 0.1) is 23.6 Å². The Labute approximate surface area is 262 Å². The highest BCUT2D eigenvalue weighted by Crippen LogP contribution is 2.27. The first-order chi connectivity index (χ1) is 20.7. The average Bonchev–Trinajstić information content (AvgIpc) is 3.01. The van der Waals surface area contributed by atoms with Crippen molar-refractivity contribution in [1.29, 1.82) is 0 Å². The van der Waals surface area contributed by atoms with Gasteiger partial charge in [0.1, 0.15) is 5.70 Å². The summed E-state index contributed by atoms with van der Waals surface area (Å²) in [7, 11) is 1.28. The molecule has 0 bridgehead atoms. The summed E-state index contributed by atoms with van der Waals surface area (Å²) in [6, 6.07) is 29.6. The van der Waals surface area contributed by atoms with E-state index >= 15 is 0 Å². The zero-order chi connectivity index (χ0) is 30.8. The number of carbonyl (C=O) groups is 4. The Bertz CT molecular complexity index is 1680. The average molecular weight is 659 g/mol. The smallest absolute Gasteiger partial charge is 0.339 e. The van der Waals surface area contributed by atoms with Crippen molar-refractivity contribution in [2.24, 2.45) is 0 Å². The minimum Gasteiger partial charge on any atom is -0.465 e. The van der Waals surface area contributed by atoms with Crippen LogP contribution in [0, 0.1) is 0 Å². The second-order valence-electron chi connectivity index (χ2n) is 9.20. The molecule has 8 nitrogen and oxygen atoms in total. The number of nitrogens with one attached hydrogen (secondary N) is 3. The van der Waals surface area contributed by atoms with Gasteiger partial charge in [-0.3, -0.25) is 14.4 Å². The zero-order valence-corrected chi connectivity index (χ0v) is 25.7. The molecule has 43 heavy (non-hydrogen) atoms. The molecule has 3 N–H and O–H groups in total. The molecule has 0 aliphatic rings. The summed E-state index contributed by atoms with van der Waals surface area (Å²) in [4.78, 5) is 52.0. The maximum Gasteiger partial charge on any atom is 0.339 e. The van der Waals surface area contributed by atoms with E-state index in [1.807, 2.05) is 30.3 Å². The van der Waals surface area contributed by atoms with Crippen LogP contribution in [0.25, 0.3) is 6.08 Å². The van der Waals surface area contributed by atoms with Crippen molar-refractivity contribution in [2.75, 3.05) is 17.7 Å². The van der Waals surface area contributed by atoms with Gasteiger partial charge in [-0.2, -0.15) is 0 Å². The van der Waals surface area contributed by atoms with E-state index in [-0.39, 0.29) is 17.2 Å². The third-order valence-electron chi connectivity index (χ3n) is 6.05. The van der Waals surface area contributed by atoms with Gasteiger partial charge in [-0.15, -0.1) is 11.8 Å². The van der Waals surface area contributed by atoms with Gasteiger partial charge in [-0.25, -0.2) is 4.79 Å². The number of hydrogen-bond acceptors (Lipinski definition) is 6. The van der Waals surface area contributed by atoms with Gasteiger partial charge in [0.15, 0.2) is 0 Å². The Hall–Kier alpha value is -4.67. The van der Waals surface area contributed by atoms with Crippen molar-refractivity contribution in [3.05, 3.63) is 130 Å². The van der Waals surface area contributed by atoms with Gasteiger partial charge >= 0.3 is 5.97 Å². The number of hydrogen-bond donors (Lipinski definition) is 3. The SMILES string of the molecule is COC(=O)c1ccccc1NC(=O)C(C)Sc1cccc(NC(=O)/C(=C\c2cccc(Br)c2)NC(=O)c2ccccc2)c1. The quantitative estimate of drug-likeness (QED) is 0.0986. The highest BCUT2D eigenvalue weighted by atomic mass is 79.9. The van der Waals surface area contributed by atoms with Crippen molar-refractivity contribution in [3.63, 3.8) is 0 Å². The molecule has 0 aromatic heterocycles. The molecule has 0 aliphatic carbocycles. The van der Waals surface area contributed by atoms with Crippen molar-refractivity contribution in [1.82, 2.24) is 5.32 Å². The summed E-state index contributed by atoms with van der Waals surface area (Å²) < 4.78 is 5.63. The summed E-state index contributed by atoms with van der Waals surface area (Å²) in [6.45, 7) is 1.74. The molecular formula is C33H28BrN3O5S. The first-order valence-electron chi connectivity index (χ1n) is 13.1. The Kier molecular flexibility index (Phi) is 10.9. The number of anilines is 2. The summed E-state index contributed by atoms with van der Waals surface area (Å²) in [6.07, 6.45) is 1.60. The highest BCUT2D eigenvalue weighted by Gasteiger charge is 2.19. The standard InChI is InChI=1S/C33H28BrN3O5S/c1-21(30(38)36-28-17-7-6-16-27(28)33(41)42-2)43-26-15-9-14-25(20-26)35-32(40)29(19-22-10-8-13-24(34)18-22)37-31(39)23-11-4-3-5-12-23/h3-21H,1-2H3,(H,35,40)(H,36,38)(H,37,39)/b29-19+. The van der Waals surface area contributed by atoms with Crippen LogP contribution in [0.15, 0.2) is 118 Å². The molecule has 0 fully saturated rings. The first-order valence-corrected chi connectivity index (χ1v) is 14.8. The topological polar surface area (TPSA) is 114 Å². The predicted octanol–water partition coefficient (Wildman–Crippen LogP) is 6.76. The van der Waals surface area contributed by atoms with Crippen molar-refractivity contribution < 1.29 is 23.9 Å². The number of esters is 1. The second-order valence-corrected chi connectivity index (χ2v) is 11.5. The number of methoxy groups -OCH3 is 1. The Morgan fingerprint density at radius 2 is 1.56 bits per heavy atom. The lowest BCUT2D eigenvalue weighted by atomic mass is 10.1. The molecule has 0 saturated carbocycles. The van der Waals surface area contributed by atoms with E-state index in [1.165, 1.54) is 18.9 Å². The van der Waals surface area contributed by atoms with E-state index in [0.717, 1.165) is 9.37 Å². The zero-order valence-electron chi connectivity index (χ0n) is 23.3. The Morgan fingerprint density at radius 3 is 2.30 bits per heavy atom. The second kappa shape index (κ2) is 15.0. The molecule has 0 radical (unpaired) electrons. The fraction of sp³-hybridized carbons (Fsp3) is 0.0909. The molecule has 0 saturated heterocycles. The lowest BCUT2D eigenvalue weighted by molar-refractivity contribution is -0.115. The highest BCUT2D eigenvalue weighted by molar-refractivity contribution is 9.10. The number of thioether (sulfide) groups is 1. The van der Waals surface area contributed by atoms with E-state index in [2.05, 4.69) is 31.9 Å². The van der Waals surface area contributed by atoms with Gasteiger partial charge in [0.25, 0.3) is 11.8 Å². The van der Waals surface area contributed by atoms with Gasteiger partial charge in [0.2, 0.25) is 5.91 Å². The van der Waals surface area contributed by atoms with Crippen LogP contribution in [0.1, 0.15) is 33.2 Å². The Balaban J connectivity index is 1.48. The molecule has 3 amide bonds. The van der Waals surface area contributed by atoms with Crippen molar-refractivity contribution in [3.8, 4) is 0 Å². The number of ether oxygens (including phenoxy) is 1. The van der Waals surface area contributed by atoms with Gasteiger partial charge in [-0.1, -0.05) is 64.5 Å². The number of benzene rings is 4. The van der Waals surface area contributed by atoms with E-state index in [9.17, 15) is 19.2 Å². The van der Waals surface area contributed by atoms with Gasteiger partial charge < -0.3 is 20.7 Å². The monoisotopic (exact) mass is 657 g/mol. The lowest BCUT2D eigenvalue weighted by Crippen LogP contribution is -2.30. The first kappa shape index (κ1) is 31.3. The maximum atomic E-state index is 13.4. The molecule has 0 spiro atoms. The van der Waals surface area contributed by atoms with Crippen LogP contribution < -0.4 is 16.0 Å². The van der Waals surface area contributed by atoms with E-state index in [4.69, 9.17) is 4.74 Å². The normalized spacial score (nSPS) is 11.7. The molecule has 10 heteroatoms. The molecule has 218 valence electrons. The minimum atomic E-state index is -0.548. The molecule has 1 unspecified atom stereocenters. The maximum absolute atomic E-state index is 13.4. The van der Waals surface area contributed by atoms with Crippen LogP contribution in [0.5, 0.6) is 0 Å². The fourth-order valence-electron chi connectivity index (χ4n) is 3.92. The fourth-order valence-corrected chi connectivity index (χ4v) is 5.27. The summed E-state index contributed by atoms with van der Waals surface area (Å²) >= 11 is 4.71. The van der Waals surface area contributed by atoms with Gasteiger partial charge in [-0.05, 0) is 73.2 Å². The number of carbonyl (C=O) groups excluding carboxylic acids is 4. The van der Waals surface area contributed by atoms with Gasteiger partial charge in [0, 0.05) is 20.6 Å². The third-order valence-corrected chi connectivity index (χ3v) is 7.64. The number of para-hydroxylation sites is 1. The number of halogens is 1. The van der Waals surface area contributed by atoms with Crippen LogP contribution in [-0.2, 0) is 14.3 Å². The predicted molar refractivity (Wildman–Crippen MR) is 173 cm³/mol. The van der Waals surface area contributed by atoms with E-state index in [1.54, 1.807) is 85.8 Å². The van der Waals surface area contributed by atoms with Crippen molar-refractivity contribution >= 4 is 68.8 Å². The summed E-state index contributed by atoms with van der Waals surface area (Å²) in [5, 5.41) is 7.82. The number of amides is 3. The summed E-state index contributed by atoms with van der Waals surface area (Å²) in [5.41, 5.74) is 2.28. The van der Waals surface area contributed by atoms with Crippen molar-refractivity contribution in [2.45, 2.75) is 17.1 Å².